The summed E-state index contributed by atoms with van der Waals surface area (Å²) in [5, 5.41) is 2.94. The van der Waals surface area contributed by atoms with Crippen LogP contribution in [0.25, 0.3) is 0 Å². The molecule has 1 aromatic rings. The summed E-state index contributed by atoms with van der Waals surface area (Å²) in [7, 11) is 0. The van der Waals surface area contributed by atoms with Crippen LogP contribution in [0.5, 0.6) is 0 Å². The summed E-state index contributed by atoms with van der Waals surface area (Å²) in [6, 6.07) is 2.00. The van der Waals surface area contributed by atoms with Crippen LogP contribution in [0.2, 0.25) is 0 Å². The van der Waals surface area contributed by atoms with Crippen molar-refractivity contribution in [1.82, 2.24) is 0 Å². The maximum Gasteiger partial charge on any atom is 0.151 e. The van der Waals surface area contributed by atoms with E-state index in [1.54, 1.807) is 11.8 Å². The van der Waals surface area contributed by atoms with Gasteiger partial charge in [-0.25, -0.2) is 8.78 Å². The summed E-state index contributed by atoms with van der Waals surface area (Å²) in [5.74, 6) is -0.237. The number of benzene rings is 1. The fourth-order valence-electron chi connectivity index (χ4n) is 1.33. The van der Waals surface area contributed by atoms with Crippen molar-refractivity contribution in [3.05, 3.63) is 23.8 Å². The standard InChI is InChI=1S/C11H16F2N2S/c1-16-5-3-2-4-15-10-7-8(12)6-9(13)11(10)14/h6-7,15H,2-5,14H2,1H3. The molecule has 1 rings (SSSR count). The van der Waals surface area contributed by atoms with Crippen LogP contribution in [0, 0.1) is 11.6 Å². The lowest BCUT2D eigenvalue weighted by Gasteiger charge is -2.09. The highest BCUT2D eigenvalue weighted by Gasteiger charge is 2.07. The van der Waals surface area contributed by atoms with Crippen molar-refractivity contribution in [3.8, 4) is 0 Å². The van der Waals surface area contributed by atoms with Gasteiger partial charge in [-0.15, -0.1) is 0 Å². The van der Waals surface area contributed by atoms with Crippen LogP contribution in [0.4, 0.5) is 20.2 Å². The Hall–Kier alpha value is -0.970. The molecule has 0 aliphatic rings. The molecule has 90 valence electrons. The maximum absolute atomic E-state index is 13.1. The predicted molar refractivity (Wildman–Crippen MR) is 66.9 cm³/mol. The summed E-state index contributed by atoms with van der Waals surface area (Å²) in [5.41, 5.74) is 5.80. The minimum atomic E-state index is -0.716. The van der Waals surface area contributed by atoms with E-state index in [1.807, 2.05) is 6.26 Å². The third-order valence-corrected chi connectivity index (χ3v) is 2.88. The van der Waals surface area contributed by atoms with Crippen molar-refractivity contribution in [2.75, 3.05) is 29.6 Å². The predicted octanol–water partition coefficient (Wildman–Crippen LogP) is 3.10. The maximum atomic E-state index is 13.1. The second-order valence-corrected chi connectivity index (χ2v) is 4.46. The lowest BCUT2D eigenvalue weighted by atomic mass is 10.2. The number of thioether (sulfide) groups is 1. The number of anilines is 2. The van der Waals surface area contributed by atoms with Crippen LogP contribution in [0.1, 0.15) is 12.8 Å². The molecule has 0 atom stereocenters. The van der Waals surface area contributed by atoms with E-state index in [0.717, 1.165) is 24.7 Å². The third-order valence-electron chi connectivity index (χ3n) is 2.18. The van der Waals surface area contributed by atoms with E-state index in [2.05, 4.69) is 5.32 Å². The molecule has 0 fully saturated rings. The highest BCUT2D eigenvalue weighted by Crippen LogP contribution is 2.23. The van der Waals surface area contributed by atoms with Crippen LogP contribution in [-0.4, -0.2) is 18.6 Å². The van der Waals surface area contributed by atoms with Crippen LogP contribution >= 0.6 is 11.8 Å². The van der Waals surface area contributed by atoms with E-state index in [0.29, 0.717) is 12.2 Å². The largest absolute Gasteiger partial charge is 0.395 e. The molecule has 16 heavy (non-hydrogen) atoms. The first-order chi connectivity index (χ1) is 7.65. The van der Waals surface area contributed by atoms with Crippen LogP contribution in [0.15, 0.2) is 12.1 Å². The molecule has 0 amide bonds. The molecule has 0 radical (unpaired) electrons. The summed E-state index contributed by atoms with van der Waals surface area (Å²) in [6.45, 7) is 0.674. The van der Waals surface area contributed by atoms with Gasteiger partial charge in [-0.05, 0) is 30.9 Å². The molecular formula is C11H16F2N2S. The summed E-state index contributed by atoms with van der Waals surface area (Å²) >= 11 is 1.78. The van der Waals surface area contributed by atoms with E-state index in [-0.39, 0.29) is 5.69 Å². The number of halogens is 2. The average Bonchev–Trinajstić information content (AvgIpc) is 2.24. The number of unbranched alkanes of at least 4 members (excludes halogenated alkanes) is 1. The second kappa shape index (κ2) is 6.58. The normalized spacial score (nSPS) is 10.4. The van der Waals surface area contributed by atoms with E-state index < -0.39 is 11.6 Å². The number of hydrogen-bond donors (Lipinski definition) is 2. The molecule has 3 N–H and O–H groups in total. The Kier molecular flexibility index (Phi) is 5.38. The molecule has 0 bridgehead atoms. The van der Waals surface area contributed by atoms with E-state index in [1.165, 1.54) is 6.07 Å². The van der Waals surface area contributed by atoms with Crippen LogP contribution < -0.4 is 11.1 Å². The molecule has 0 spiro atoms. The first-order valence-electron chi connectivity index (χ1n) is 5.12. The lowest BCUT2D eigenvalue weighted by Crippen LogP contribution is -2.06. The Bertz CT molecular complexity index is 345. The Morgan fingerprint density at radius 3 is 2.75 bits per heavy atom. The zero-order valence-corrected chi connectivity index (χ0v) is 10.0. The monoisotopic (exact) mass is 246 g/mol. The number of nitrogens with one attached hydrogen (secondary N) is 1. The van der Waals surface area contributed by atoms with Gasteiger partial charge in [-0.3, -0.25) is 0 Å². The quantitative estimate of drug-likeness (QED) is 0.598. The average molecular weight is 246 g/mol. The van der Waals surface area contributed by atoms with Crippen molar-refractivity contribution in [1.29, 1.82) is 0 Å². The molecule has 1 aromatic carbocycles. The minimum absolute atomic E-state index is 0.0220. The van der Waals surface area contributed by atoms with Crippen molar-refractivity contribution in [3.63, 3.8) is 0 Å². The summed E-state index contributed by atoms with van der Waals surface area (Å²) < 4.78 is 26.0. The van der Waals surface area contributed by atoms with Crippen molar-refractivity contribution in [2.45, 2.75) is 12.8 Å². The molecule has 0 saturated heterocycles. The Balaban J connectivity index is 2.47. The molecule has 5 heteroatoms. The van der Waals surface area contributed by atoms with Gasteiger partial charge in [0.15, 0.2) is 5.82 Å². The van der Waals surface area contributed by atoms with Crippen molar-refractivity contribution < 1.29 is 8.78 Å². The number of hydrogen-bond acceptors (Lipinski definition) is 3. The Morgan fingerprint density at radius 1 is 1.31 bits per heavy atom. The topological polar surface area (TPSA) is 38.0 Å². The fraction of sp³-hybridized carbons (Fsp3) is 0.455. The van der Waals surface area contributed by atoms with E-state index in [4.69, 9.17) is 5.73 Å². The molecule has 0 saturated carbocycles. The summed E-state index contributed by atoms with van der Waals surface area (Å²) in [6.07, 6.45) is 4.08. The van der Waals surface area contributed by atoms with Gasteiger partial charge in [-0.2, -0.15) is 11.8 Å². The molecule has 0 heterocycles. The van der Waals surface area contributed by atoms with Gasteiger partial charge in [0.25, 0.3) is 0 Å². The highest BCUT2D eigenvalue weighted by atomic mass is 32.2. The van der Waals surface area contributed by atoms with E-state index in [9.17, 15) is 8.78 Å². The molecule has 0 aromatic heterocycles. The van der Waals surface area contributed by atoms with Gasteiger partial charge >= 0.3 is 0 Å². The lowest BCUT2D eigenvalue weighted by molar-refractivity contribution is 0.587. The zero-order chi connectivity index (χ0) is 12.0. The van der Waals surface area contributed by atoms with Crippen LogP contribution in [-0.2, 0) is 0 Å². The highest BCUT2D eigenvalue weighted by molar-refractivity contribution is 7.98. The fourth-order valence-corrected chi connectivity index (χ4v) is 1.82. The van der Waals surface area contributed by atoms with E-state index >= 15 is 0 Å². The van der Waals surface area contributed by atoms with Gasteiger partial charge in [0, 0.05) is 12.6 Å². The van der Waals surface area contributed by atoms with Gasteiger partial charge in [0.05, 0.1) is 11.4 Å². The number of nitrogens with two attached hydrogens (primary N) is 1. The zero-order valence-electron chi connectivity index (χ0n) is 9.22. The molecule has 0 unspecified atom stereocenters. The van der Waals surface area contributed by atoms with Gasteiger partial charge in [-0.1, -0.05) is 0 Å². The van der Waals surface area contributed by atoms with Crippen molar-refractivity contribution in [2.24, 2.45) is 0 Å². The Morgan fingerprint density at radius 2 is 2.06 bits per heavy atom. The minimum Gasteiger partial charge on any atom is -0.395 e. The molecule has 0 aliphatic carbocycles. The molecule has 2 nitrogen and oxygen atoms in total. The number of nitrogen functional groups attached to an aromatic ring is 1. The Labute approximate surface area is 98.6 Å². The first-order valence-corrected chi connectivity index (χ1v) is 6.52. The molecular weight excluding hydrogens is 230 g/mol. The second-order valence-electron chi connectivity index (χ2n) is 3.48. The smallest absolute Gasteiger partial charge is 0.151 e. The van der Waals surface area contributed by atoms with Crippen molar-refractivity contribution >= 4 is 23.1 Å². The third kappa shape index (κ3) is 3.89. The van der Waals surface area contributed by atoms with Crippen LogP contribution in [0.3, 0.4) is 0 Å². The van der Waals surface area contributed by atoms with Gasteiger partial charge in [0.1, 0.15) is 5.82 Å². The van der Waals surface area contributed by atoms with Gasteiger partial charge in [0.2, 0.25) is 0 Å². The first kappa shape index (κ1) is 13.1. The van der Waals surface area contributed by atoms with Gasteiger partial charge < -0.3 is 11.1 Å². The molecule has 0 aliphatic heterocycles. The number of rotatable bonds is 6. The summed E-state index contributed by atoms with van der Waals surface area (Å²) in [4.78, 5) is 0. The SMILES string of the molecule is CSCCCCNc1cc(F)cc(F)c1N.